The van der Waals surface area contributed by atoms with Crippen LogP contribution in [-0.4, -0.2) is 19.5 Å². The molecule has 2 aromatic heterocycles. The Morgan fingerprint density at radius 3 is 2.52 bits per heavy atom. The van der Waals surface area contributed by atoms with Crippen molar-refractivity contribution in [3.8, 4) is 0 Å². The van der Waals surface area contributed by atoms with Crippen LogP contribution in [0.2, 0.25) is 10.0 Å². The molecule has 0 bridgehead atoms. The van der Waals surface area contributed by atoms with Gasteiger partial charge in [-0.3, -0.25) is 4.99 Å². The second kappa shape index (κ2) is 7.55. The molecule has 0 amide bonds. The van der Waals surface area contributed by atoms with Gasteiger partial charge < -0.3 is 9.55 Å². The number of hydrogen-bond acceptors (Lipinski definition) is 3. The van der Waals surface area contributed by atoms with E-state index in [9.17, 15) is 0 Å². The molecule has 0 radical (unpaired) electrons. The summed E-state index contributed by atoms with van der Waals surface area (Å²) in [6.45, 7) is 3.10. The van der Waals surface area contributed by atoms with E-state index in [1.165, 1.54) is 5.56 Å². The zero-order valence-corrected chi connectivity index (χ0v) is 16.2. The van der Waals surface area contributed by atoms with Gasteiger partial charge in [-0.25, -0.2) is 9.97 Å². The van der Waals surface area contributed by atoms with Crippen LogP contribution in [0.3, 0.4) is 0 Å². The number of aryl methyl sites for hydroxylation is 1. The number of benzene rings is 2. The Morgan fingerprint density at radius 2 is 1.78 bits per heavy atom. The molecule has 0 aliphatic carbocycles. The van der Waals surface area contributed by atoms with Gasteiger partial charge in [-0.2, -0.15) is 0 Å². The Kier molecular flexibility index (Phi) is 4.97. The molecule has 0 fully saturated rings. The molecule has 2 aromatic carbocycles. The number of nitrogens with zero attached hydrogens (tertiary/aromatic N) is 4. The van der Waals surface area contributed by atoms with Crippen LogP contribution in [0.25, 0.3) is 11.2 Å². The predicted molar refractivity (Wildman–Crippen MR) is 108 cm³/mol. The molecule has 0 unspecified atom stereocenters. The maximum atomic E-state index is 6.30. The van der Waals surface area contributed by atoms with E-state index < -0.39 is 0 Å². The van der Waals surface area contributed by atoms with Crippen molar-refractivity contribution < 1.29 is 0 Å². The molecule has 27 heavy (non-hydrogen) atoms. The molecule has 7 heteroatoms. The molecular weight excluding hydrogens is 381 g/mol. The molecule has 1 N–H and O–H groups in total. The minimum atomic E-state index is 0.477. The summed E-state index contributed by atoms with van der Waals surface area (Å²) in [6, 6.07) is 13.8. The van der Waals surface area contributed by atoms with Crippen molar-refractivity contribution in [3.05, 3.63) is 87.3 Å². The summed E-state index contributed by atoms with van der Waals surface area (Å²) in [5.74, 6) is 0. The van der Waals surface area contributed by atoms with E-state index in [0.29, 0.717) is 28.6 Å². The van der Waals surface area contributed by atoms with E-state index in [0.717, 1.165) is 22.3 Å². The SMILES string of the molecule is Cc1ccc(CN=c2ncn(Cc3c(Cl)cccc3Cl)c3nc[nH]c23)cc1. The lowest BCUT2D eigenvalue weighted by Gasteiger charge is -2.10. The van der Waals surface area contributed by atoms with Gasteiger partial charge in [0.1, 0.15) is 5.52 Å². The van der Waals surface area contributed by atoms with Crippen molar-refractivity contribution in [2.24, 2.45) is 4.99 Å². The van der Waals surface area contributed by atoms with Gasteiger partial charge in [-0.15, -0.1) is 0 Å². The van der Waals surface area contributed by atoms with E-state index in [-0.39, 0.29) is 0 Å². The summed E-state index contributed by atoms with van der Waals surface area (Å²) in [4.78, 5) is 16.7. The summed E-state index contributed by atoms with van der Waals surface area (Å²) in [6.07, 6.45) is 3.36. The zero-order valence-electron chi connectivity index (χ0n) is 14.7. The van der Waals surface area contributed by atoms with Crippen molar-refractivity contribution in [1.29, 1.82) is 0 Å². The van der Waals surface area contributed by atoms with Gasteiger partial charge in [0.25, 0.3) is 0 Å². The van der Waals surface area contributed by atoms with Gasteiger partial charge in [0.05, 0.1) is 25.7 Å². The number of aromatic nitrogens is 4. The lowest BCUT2D eigenvalue weighted by atomic mass is 10.1. The van der Waals surface area contributed by atoms with Gasteiger partial charge >= 0.3 is 0 Å². The molecule has 4 aromatic rings. The Balaban J connectivity index is 1.70. The fourth-order valence-electron chi connectivity index (χ4n) is 2.86. The maximum absolute atomic E-state index is 6.30. The zero-order chi connectivity index (χ0) is 18.8. The Bertz CT molecular complexity index is 1140. The lowest BCUT2D eigenvalue weighted by molar-refractivity contribution is 0.782. The number of aromatic amines is 1. The minimum Gasteiger partial charge on any atom is -0.340 e. The highest BCUT2D eigenvalue weighted by Crippen LogP contribution is 2.25. The van der Waals surface area contributed by atoms with Crippen LogP contribution < -0.4 is 5.49 Å². The fraction of sp³-hybridized carbons (Fsp3) is 0.150. The van der Waals surface area contributed by atoms with Crippen LogP contribution in [0.4, 0.5) is 0 Å². The molecule has 4 rings (SSSR count). The van der Waals surface area contributed by atoms with E-state index in [4.69, 9.17) is 23.2 Å². The first kappa shape index (κ1) is 17.8. The van der Waals surface area contributed by atoms with Gasteiger partial charge in [-0.1, -0.05) is 59.1 Å². The molecule has 136 valence electrons. The summed E-state index contributed by atoms with van der Waals surface area (Å²) >= 11 is 12.6. The standard InChI is InChI=1S/C20H17Cl2N5/c1-13-5-7-14(8-6-13)9-23-19-18-20(25-11-24-18)27(12-26-19)10-15-16(21)3-2-4-17(15)22/h2-8,11-12H,9-10H2,1H3,(H,24,25). The third-order valence-corrected chi connectivity index (χ3v) is 5.06. The van der Waals surface area contributed by atoms with Crippen LogP contribution in [-0.2, 0) is 13.1 Å². The normalized spacial score (nSPS) is 12.0. The van der Waals surface area contributed by atoms with Crippen molar-refractivity contribution in [3.63, 3.8) is 0 Å². The fourth-order valence-corrected chi connectivity index (χ4v) is 3.38. The molecule has 0 aliphatic heterocycles. The number of halogens is 2. The molecule has 5 nitrogen and oxygen atoms in total. The summed E-state index contributed by atoms with van der Waals surface area (Å²) in [5.41, 5.74) is 5.36. The summed E-state index contributed by atoms with van der Waals surface area (Å²) in [7, 11) is 0. The van der Waals surface area contributed by atoms with Crippen molar-refractivity contribution in [2.75, 3.05) is 0 Å². The molecule has 0 saturated heterocycles. The van der Waals surface area contributed by atoms with Crippen LogP contribution in [0.5, 0.6) is 0 Å². The third-order valence-electron chi connectivity index (χ3n) is 4.36. The number of rotatable bonds is 4. The second-order valence-electron chi connectivity index (χ2n) is 6.30. The molecule has 0 atom stereocenters. The van der Waals surface area contributed by atoms with Gasteiger partial charge in [-0.05, 0) is 24.6 Å². The highest BCUT2D eigenvalue weighted by molar-refractivity contribution is 6.36. The third kappa shape index (κ3) is 3.75. The van der Waals surface area contributed by atoms with E-state index >= 15 is 0 Å². The molecule has 0 saturated carbocycles. The molecule has 2 heterocycles. The van der Waals surface area contributed by atoms with E-state index in [1.54, 1.807) is 12.7 Å². The number of nitrogens with one attached hydrogen (secondary N) is 1. The molecule has 0 aliphatic rings. The second-order valence-corrected chi connectivity index (χ2v) is 7.11. The first-order valence-electron chi connectivity index (χ1n) is 8.49. The minimum absolute atomic E-state index is 0.477. The smallest absolute Gasteiger partial charge is 0.177 e. The average molecular weight is 398 g/mol. The number of hydrogen-bond donors (Lipinski definition) is 1. The monoisotopic (exact) mass is 397 g/mol. The Hall–Kier alpha value is -2.63. The van der Waals surface area contributed by atoms with Gasteiger partial charge in [0.15, 0.2) is 11.1 Å². The molecule has 0 spiro atoms. The topological polar surface area (TPSA) is 58.9 Å². The number of H-pyrrole nitrogens is 1. The van der Waals surface area contributed by atoms with Crippen LogP contribution in [0.1, 0.15) is 16.7 Å². The van der Waals surface area contributed by atoms with Crippen LogP contribution in [0.15, 0.2) is 60.1 Å². The van der Waals surface area contributed by atoms with Crippen molar-refractivity contribution in [1.82, 2.24) is 19.5 Å². The van der Waals surface area contributed by atoms with Gasteiger partial charge in [0.2, 0.25) is 0 Å². The first-order chi connectivity index (χ1) is 13.1. The highest BCUT2D eigenvalue weighted by atomic mass is 35.5. The summed E-state index contributed by atoms with van der Waals surface area (Å²) < 4.78 is 1.91. The quantitative estimate of drug-likeness (QED) is 0.549. The predicted octanol–water partition coefficient (Wildman–Crippen LogP) is 4.52. The van der Waals surface area contributed by atoms with E-state index in [2.05, 4.69) is 51.1 Å². The van der Waals surface area contributed by atoms with Crippen LogP contribution >= 0.6 is 23.2 Å². The Morgan fingerprint density at radius 1 is 1.04 bits per heavy atom. The molecular formula is C20H17Cl2N5. The van der Waals surface area contributed by atoms with Gasteiger partial charge in [0, 0.05) is 15.6 Å². The van der Waals surface area contributed by atoms with Crippen molar-refractivity contribution >= 4 is 34.4 Å². The van der Waals surface area contributed by atoms with Crippen LogP contribution in [0, 0.1) is 6.92 Å². The number of fused-ring (bicyclic) bond motifs is 1. The number of imidazole rings is 1. The Labute approximate surface area is 166 Å². The summed E-state index contributed by atoms with van der Waals surface area (Å²) in [5, 5.41) is 1.23. The first-order valence-corrected chi connectivity index (χ1v) is 9.25. The highest BCUT2D eigenvalue weighted by Gasteiger charge is 2.10. The lowest BCUT2D eigenvalue weighted by Crippen LogP contribution is -2.15. The maximum Gasteiger partial charge on any atom is 0.177 e. The average Bonchev–Trinajstić information content (AvgIpc) is 3.15. The van der Waals surface area contributed by atoms with Crippen molar-refractivity contribution in [2.45, 2.75) is 20.0 Å². The van der Waals surface area contributed by atoms with E-state index in [1.807, 2.05) is 22.8 Å². The largest absolute Gasteiger partial charge is 0.340 e.